The molecule has 2 aromatic carbocycles. The molecule has 150 valence electrons. The average molecular weight is 410 g/mol. The predicted octanol–water partition coefficient (Wildman–Crippen LogP) is 5.13. The van der Waals surface area contributed by atoms with E-state index >= 15 is 0 Å². The second-order valence-electron chi connectivity index (χ2n) is 7.39. The van der Waals surface area contributed by atoms with Crippen LogP contribution in [0.5, 0.6) is 0 Å². The zero-order valence-corrected chi connectivity index (χ0v) is 18.0. The normalized spacial score (nSPS) is 15.5. The van der Waals surface area contributed by atoms with Crippen LogP contribution in [-0.4, -0.2) is 31.1 Å². The van der Waals surface area contributed by atoms with E-state index in [0.29, 0.717) is 12.0 Å². The first-order valence-electron chi connectivity index (χ1n) is 9.55. The summed E-state index contributed by atoms with van der Waals surface area (Å²) in [4.78, 5) is 2.64. The Labute approximate surface area is 176 Å². The molecule has 0 radical (unpaired) electrons. The summed E-state index contributed by atoms with van der Waals surface area (Å²) in [7, 11) is 0. The molecule has 0 unspecified atom stereocenters. The quantitative estimate of drug-likeness (QED) is 0.662. The summed E-state index contributed by atoms with van der Waals surface area (Å²) >= 11 is 0. The summed E-state index contributed by atoms with van der Waals surface area (Å²) in [6.45, 7) is 10.0. The topological polar surface area (TPSA) is 27.3 Å². The van der Waals surface area contributed by atoms with Gasteiger partial charge in [-0.15, -0.1) is 24.8 Å². The Morgan fingerprint density at radius 1 is 0.926 bits per heavy atom. The van der Waals surface area contributed by atoms with Crippen LogP contribution < -0.4 is 10.6 Å². The Morgan fingerprint density at radius 2 is 1.56 bits per heavy atom. The molecule has 1 aliphatic heterocycles. The molecule has 3 nitrogen and oxygen atoms in total. The first-order chi connectivity index (χ1) is 12.2. The molecule has 1 atom stereocenters. The van der Waals surface area contributed by atoms with Gasteiger partial charge in [0.2, 0.25) is 0 Å². The van der Waals surface area contributed by atoms with Crippen molar-refractivity contribution in [3.05, 3.63) is 65.7 Å². The minimum absolute atomic E-state index is 0. The second-order valence-corrected chi connectivity index (χ2v) is 7.39. The fourth-order valence-electron chi connectivity index (χ4n) is 3.56. The number of anilines is 1. The van der Waals surface area contributed by atoms with Crippen LogP contribution >= 0.6 is 24.8 Å². The highest BCUT2D eigenvalue weighted by atomic mass is 35.5. The van der Waals surface area contributed by atoms with Crippen LogP contribution in [0.15, 0.2) is 54.6 Å². The lowest BCUT2D eigenvalue weighted by Gasteiger charge is -2.36. The van der Waals surface area contributed by atoms with Crippen molar-refractivity contribution >= 4 is 30.5 Å². The summed E-state index contributed by atoms with van der Waals surface area (Å²) in [6, 6.07) is 20.2. The Morgan fingerprint density at radius 3 is 2.15 bits per heavy atom. The summed E-state index contributed by atoms with van der Waals surface area (Å²) in [5, 5.41) is 6.99. The van der Waals surface area contributed by atoms with Gasteiger partial charge in [0.15, 0.2) is 0 Å². The lowest BCUT2D eigenvalue weighted by Crippen LogP contribution is -2.45. The van der Waals surface area contributed by atoms with Crippen LogP contribution in [0.25, 0.3) is 0 Å². The van der Waals surface area contributed by atoms with E-state index in [9.17, 15) is 0 Å². The van der Waals surface area contributed by atoms with Crippen molar-refractivity contribution in [2.45, 2.75) is 32.9 Å². The van der Waals surface area contributed by atoms with E-state index in [1.165, 1.54) is 23.2 Å². The van der Waals surface area contributed by atoms with E-state index in [1.54, 1.807) is 0 Å². The number of rotatable bonds is 7. The summed E-state index contributed by atoms with van der Waals surface area (Å²) in [6.07, 6.45) is 1.22. The highest BCUT2D eigenvalue weighted by molar-refractivity contribution is 5.85. The Bertz CT molecular complexity index is 626. The number of hydrogen-bond donors (Lipinski definition) is 2. The highest BCUT2D eigenvalue weighted by Gasteiger charge is 2.22. The predicted molar refractivity (Wildman–Crippen MR) is 121 cm³/mol. The number of nitrogens with zero attached hydrogens (tertiary/aromatic N) is 1. The van der Waals surface area contributed by atoms with E-state index in [4.69, 9.17) is 0 Å². The molecule has 0 aromatic heterocycles. The lowest BCUT2D eigenvalue weighted by molar-refractivity contribution is 0.154. The monoisotopic (exact) mass is 409 g/mol. The van der Waals surface area contributed by atoms with Crippen molar-refractivity contribution in [1.82, 2.24) is 10.2 Å². The molecular formula is C22H33Cl2N3. The number of halogens is 2. The largest absolute Gasteiger partial charge is 0.381 e. The standard InChI is InChI=1S/C22H31N3.2ClH/c1-18(2)16-22(25-14-12-23-13-15-25)20-8-10-21(11-9-20)24-17-19-6-4-3-5-7-19;;/h3-11,18,22-24H,12-17H2,1-2H3;2*1H/t22-;;/m0../s1. The third kappa shape index (κ3) is 7.34. The van der Waals surface area contributed by atoms with Crippen LogP contribution in [0.2, 0.25) is 0 Å². The van der Waals surface area contributed by atoms with Crippen molar-refractivity contribution in [3.63, 3.8) is 0 Å². The van der Waals surface area contributed by atoms with Crippen LogP contribution in [-0.2, 0) is 6.54 Å². The zero-order valence-electron chi connectivity index (χ0n) is 16.4. The molecule has 0 amide bonds. The molecule has 27 heavy (non-hydrogen) atoms. The van der Waals surface area contributed by atoms with Gasteiger partial charge in [0.1, 0.15) is 0 Å². The van der Waals surface area contributed by atoms with E-state index in [0.717, 1.165) is 32.7 Å². The van der Waals surface area contributed by atoms with E-state index in [1.807, 2.05) is 0 Å². The molecule has 2 aromatic rings. The first-order valence-corrected chi connectivity index (χ1v) is 9.55. The third-order valence-electron chi connectivity index (χ3n) is 4.92. The van der Waals surface area contributed by atoms with Crippen LogP contribution in [0.1, 0.15) is 37.4 Å². The molecule has 1 saturated heterocycles. The lowest BCUT2D eigenvalue weighted by atomic mass is 9.95. The first kappa shape index (κ1) is 23.8. The zero-order chi connectivity index (χ0) is 17.5. The van der Waals surface area contributed by atoms with Crippen molar-refractivity contribution < 1.29 is 0 Å². The van der Waals surface area contributed by atoms with Crippen LogP contribution in [0, 0.1) is 5.92 Å². The van der Waals surface area contributed by atoms with Crippen molar-refractivity contribution in [3.8, 4) is 0 Å². The number of piperazine rings is 1. The smallest absolute Gasteiger partial charge is 0.0400 e. The Kier molecular flexibility index (Phi) is 10.8. The molecule has 1 fully saturated rings. The minimum atomic E-state index is 0. The second kappa shape index (κ2) is 12.2. The van der Waals surface area contributed by atoms with Gasteiger partial charge >= 0.3 is 0 Å². The Balaban J connectivity index is 0.00000182. The molecule has 2 N–H and O–H groups in total. The molecule has 5 heteroatoms. The van der Waals surface area contributed by atoms with Gasteiger partial charge in [0.05, 0.1) is 0 Å². The van der Waals surface area contributed by atoms with E-state index < -0.39 is 0 Å². The van der Waals surface area contributed by atoms with Gasteiger partial charge in [0, 0.05) is 44.5 Å². The molecule has 1 heterocycles. The molecule has 1 aliphatic rings. The summed E-state index contributed by atoms with van der Waals surface area (Å²) in [5.41, 5.74) is 3.95. The third-order valence-corrected chi connectivity index (χ3v) is 4.92. The van der Waals surface area contributed by atoms with Crippen LogP contribution in [0.3, 0.4) is 0 Å². The van der Waals surface area contributed by atoms with Gasteiger partial charge in [-0.25, -0.2) is 0 Å². The van der Waals surface area contributed by atoms with E-state index in [-0.39, 0.29) is 24.8 Å². The maximum absolute atomic E-state index is 3.52. The fraction of sp³-hybridized carbons (Fsp3) is 0.455. The fourth-order valence-corrected chi connectivity index (χ4v) is 3.56. The summed E-state index contributed by atoms with van der Waals surface area (Å²) < 4.78 is 0. The number of nitrogens with one attached hydrogen (secondary N) is 2. The highest BCUT2D eigenvalue weighted by Crippen LogP contribution is 2.29. The van der Waals surface area contributed by atoms with Gasteiger partial charge in [0.25, 0.3) is 0 Å². The van der Waals surface area contributed by atoms with Crippen molar-refractivity contribution in [1.29, 1.82) is 0 Å². The SMILES string of the molecule is CC(C)C[C@@H](c1ccc(NCc2ccccc2)cc1)N1CCNCC1.Cl.Cl. The van der Waals surface area contributed by atoms with Gasteiger partial charge in [-0.3, -0.25) is 4.90 Å². The maximum Gasteiger partial charge on any atom is 0.0400 e. The maximum atomic E-state index is 3.52. The summed E-state index contributed by atoms with van der Waals surface area (Å²) in [5.74, 6) is 0.704. The Hall–Kier alpha value is -1.26. The molecule has 0 bridgehead atoms. The van der Waals surface area contributed by atoms with Crippen molar-refractivity contribution in [2.24, 2.45) is 5.92 Å². The van der Waals surface area contributed by atoms with Gasteiger partial charge < -0.3 is 10.6 Å². The van der Waals surface area contributed by atoms with Crippen LogP contribution in [0.4, 0.5) is 5.69 Å². The van der Waals surface area contributed by atoms with Gasteiger partial charge in [-0.05, 0) is 35.6 Å². The minimum Gasteiger partial charge on any atom is -0.381 e. The number of benzene rings is 2. The molecule has 0 spiro atoms. The number of hydrogen-bond acceptors (Lipinski definition) is 3. The molecule has 3 rings (SSSR count). The molecular weight excluding hydrogens is 377 g/mol. The molecule has 0 aliphatic carbocycles. The van der Waals surface area contributed by atoms with E-state index in [2.05, 4.69) is 84.0 Å². The molecule has 0 saturated carbocycles. The van der Waals surface area contributed by atoms with Crippen molar-refractivity contribution in [2.75, 3.05) is 31.5 Å². The van der Waals surface area contributed by atoms with Gasteiger partial charge in [-0.2, -0.15) is 0 Å². The average Bonchev–Trinajstić information content (AvgIpc) is 2.66. The van der Waals surface area contributed by atoms with Gasteiger partial charge in [-0.1, -0.05) is 56.3 Å².